The molecule has 1 rings (SSSR count). The van der Waals surface area contributed by atoms with E-state index < -0.39 is 5.97 Å². The van der Waals surface area contributed by atoms with Gasteiger partial charge in [-0.2, -0.15) is 0 Å². The van der Waals surface area contributed by atoms with Gasteiger partial charge in [0.05, 0.1) is 12.7 Å². The lowest BCUT2D eigenvalue weighted by atomic mass is 9.84. The average molecular weight is 316 g/mol. The Bertz CT molecular complexity index is 338. The number of ether oxygens (including phenoxy) is 2. The average Bonchev–Trinajstić information content (AvgIpc) is 2.48. The Balaban J connectivity index is 0.000000763. The molecule has 0 amide bonds. The van der Waals surface area contributed by atoms with Crippen molar-refractivity contribution in [2.45, 2.75) is 84.8 Å². The number of carbonyl (C=O) groups excluding carboxylic acids is 1. The zero-order valence-corrected chi connectivity index (χ0v) is 14.7. The van der Waals surface area contributed by atoms with E-state index in [4.69, 9.17) is 14.6 Å². The summed E-state index contributed by atoms with van der Waals surface area (Å²) in [5, 5.41) is 7.72. The number of hydrogen-bond donors (Lipinski definition) is 1. The molecule has 1 saturated heterocycles. The van der Waals surface area contributed by atoms with E-state index in [2.05, 4.69) is 13.8 Å². The molecule has 130 valence electrons. The Kier molecular flexibility index (Phi) is 10.1. The number of carboxylic acids is 1. The summed E-state index contributed by atoms with van der Waals surface area (Å²) >= 11 is 0. The molecule has 0 spiro atoms. The first kappa shape index (κ1) is 20.9. The molecule has 5 nitrogen and oxygen atoms in total. The van der Waals surface area contributed by atoms with Gasteiger partial charge in [0.2, 0.25) is 0 Å². The molecule has 2 atom stereocenters. The molecular weight excluding hydrogens is 284 g/mol. The van der Waals surface area contributed by atoms with Crippen LogP contribution in [0.1, 0.15) is 73.1 Å². The first-order chi connectivity index (χ1) is 10.3. The molecule has 0 bridgehead atoms. The Labute approximate surface area is 134 Å². The van der Waals surface area contributed by atoms with E-state index in [1.807, 2.05) is 13.8 Å². The highest BCUT2D eigenvalue weighted by molar-refractivity contribution is 5.69. The van der Waals surface area contributed by atoms with Crippen LogP contribution in [0.4, 0.5) is 0 Å². The molecule has 5 heteroatoms. The molecule has 22 heavy (non-hydrogen) atoms. The van der Waals surface area contributed by atoms with Crippen molar-refractivity contribution < 1.29 is 24.2 Å². The van der Waals surface area contributed by atoms with Crippen LogP contribution >= 0.6 is 0 Å². The minimum absolute atomic E-state index is 0.0994. The SMILES string of the molecule is CCC(=O)O.CCC(=O)OC1(C)CCOC(C(CC)CC)C1. The predicted molar refractivity (Wildman–Crippen MR) is 85.8 cm³/mol. The number of carbonyl (C=O) groups is 2. The van der Waals surface area contributed by atoms with E-state index in [0.717, 1.165) is 25.7 Å². The van der Waals surface area contributed by atoms with E-state index in [9.17, 15) is 9.59 Å². The molecule has 2 unspecified atom stereocenters. The topological polar surface area (TPSA) is 72.8 Å². The third-order valence-corrected chi connectivity index (χ3v) is 4.12. The van der Waals surface area contributed by atoms with Crippen LogP contribution in [0.15, 0.2) is 0 Å². The second-order valence-corrected chi connectivity index (χ2v) is 5.96. The third kappa shape index (κ3) is 7.78. The lowest BCUT2D eigenvalue weighted by molar-refractivity contribution is -0.175. The standard InChI is InChI=1S/C14H26O3.C3H6O2/c1-5-11(6-2)12-10-14(4,8-9-16-12)17-13(15)7-3;1-2-3(4)5/h11-12H,5-10H2,1-4H3;2H2,1H3,(H,4,5). The molecule has 0 aromatic carbocycles. The van der Waals surface area contributed by atoms with Crippen molar-refractivity contribution >= 4 is 11.9 Å². The summed E-state index contributed by atoms with van der Waals surface area (Å²) in [6.45, 7) is 10.6. The van der Waals surface area contributed by atoms with Gasteiger partial charge >= 0.3 is 11.9 Å². The summed E-state index contributed by atoms with van der Waals surface area (Å²) in [6, 6.07) is 0. The highest BCUT2D eigenvalue weighted by atomic mass is 16.6. The smallest absolute Gasteiger partial charge is 0.306 e. The fraction of sp³-hybridized carbons (Fsp3) is 0.882. The van der Waals surface area contributed by atoms with Crippen molar-refractivity contribution in [3.8, 4) is 0 Å². The van der Waals surface area contributed by atoms with Gasteiger partial charge in [0, 0.05) is 25.7 Å². The molecule has 1 heterocycles. The Hall–Kier alpha value is -1.10. The van der Waals surface area contributed by atoms with Gasteiger partial charge in [0.15, 0.2) is 0 Å². The third-order valence-electron chi connectivity index (χ3n) is 4.12. The zero-order valence-electron chi connectivity index (χ0n) is 14.7. The van der Waals surface area contributed by atoms with Crippen molar-refractivity contribution in [3.05, 3.63) is 0 Å². The van der Waals surface area contributed by atoms with Crippen LogP contribution in [-0.2, 0) is 19.1 Å². The summed E-state index contributed by atoms with van der Waals surface area (Å²) in [5.41, 5.74) is -0.321. The highest BCUT2D eigenvalue weighted by Gasteiger charge is 2.38. The van der Waals surface area contributed by atoms with Gasteiger partial charge in [-0.3, -0.25) is 9.59 Å². The van der Waals surface area contributed by atoms with Crippen LogP contribution in [0.2, 0.25) is 0 Å². The van der Waals surface area contributed by atoms with Crippen molar-refractivity contribution in [1.29, 1.82) is 0 Å². The number of aliphatic carboxylic acids is 1. The van der Waals surface area contributed by atoms with Crippen LogP contribution in [0.5, 0.6) is 0 Å². The minimum Gasteiger partial charge on any atom is -0.481 e. The fourth-order valence-electron chi connectivity index (χ4n) is 2.57. The van der Waals surface area contributed by atoms with E-state index in [1.54, 1.807) is 6.92 Å². The normalized spacial score (nSPS) is 24.4. The van der Waals surface area contributed by atoms with E-state index in [1.165, 1.54) is 0 Å². The maximum Gasteiger partial charge on any atom is 0.306 e. The molecule has 1 fully saturated rings. The van der Waals surface area contributed by atoms with Gasteiger partial charge in [-0.15, -0.1) is 0 Å². The Morgan fingerprint density at radius 2 is 1.77 bits per heavy atom. The number of rotatable bonds is 6. The van der Waals surface area contributed by atoms with Gasteiger partial charge in [0.1, 0.15) is 5.60 Å². The maximum atomic E-state index is 11.4. The lowest BCUT2D eigenvalue weighted by Gasteiger charge is -2.40. The summed E-state index contributed by atoms with van der Waals surface area (Å²) < 4.78 is 11.4. The molecule has 0 aromatic rings. The van der Waals surface area contributed by atoms with E-state index in [0.29, 0.717) is 18.9 Å². The predicted octanol–water partition coefficient (Wildman–Crippen LogP) is 3.79. The molecular formula is C17H32O5. The fourth-order valence-corrected chi connectivity index (χ4v) is 2.57. The van der Waals surface area contributed by atoms with Crippen molar-refractivity contribution in [3.63, 3.8) is 0 Å². The Morgan fingerprint density at radius 3 is 2.18 bits per heavy atom. The second kappa shape index (κ2) is 10.6. The maximum absolute atomic E-state index is 11.4. The van der Waals surface area contributed by atoms with Crippen LogP contribution in [0.3, 0.4) is 0 Å². The van der Waals surface area contributed by atoms with Crippen molar-refractivity contribution in [2.24, 2.45) is 5.92 Å². The van der Waals surface area contributed by atoms with E-state index in [-0.39, 0.29) is 24.1 Å². The zero-order chi connectivity index (χ0) is 17.2. The molecule has 0 aromatic heterocycles. The summed E-state index contributed by atoms with van der Waals surface area (Å²) in [5.74, 6) is -0.266. The minimum atomic E-state index is -0.745. The van der Waals surface area contributed by atoms with Gasteiger partial charge in [-0.25, -0.2) is 0 Å². The monoisotopic (exact) mass is 316 g/mol. The van der Waals surface area contributed by atoms with Gasteiger partial charge in [-0.1, -0.05) is 40.5 Å². The number of carboxylic acid groups (broad SMARTS) is 1. The summed E-state index contributed by atoms with van der Waals surface area (Å²) in [6.07, 6.45) is 4.82. The summed E-state index contributed by atoms with van der Waals surface area (Å²) in [7, 11) is 0. The highest BCUT2D eigenvalue weighted by Crippen LogP contribution is 2.33. The quantitative estimate of drug-likeness (QED) is 0.755. The van der Waals surface area contributed by atoms with Gasteiger partial charge in [0.25, 0.3) is 0 Å². The molecule has 0 radical (unpaired) electrons. The lowest BCUT2D eigenvalue weighted by Crippen LogP contribution is -2.44. The first-order valence-electron chi connectivity index (χ1n) is 8.37. The molecule has 0 saturated carbocycles. The molecule has 0 aliphatic carbocycles. The summed E-state index contributed by atoms with van der Waals surface area (Å²) in [4.78, 5) is 20.8. The van der Waals surface area contributed by atoms with Gasteiger partial charge in [-0.05, 0) is 12.8 Å². The van der Waals surface area contributed by atoms with Crippen LogP contribution in [-0.4, -0.2) is 35.4 Å². The molecule has 1 aliphatic heterocycles. The van der Waals surface area contributed by atoms with Crippen LogP contribution < -0.4 is 0 Å². The van der Waals surface area contributed by atoms with Crippen molar-refractivity contribution in [1.82, 2.24) is 0 Å². The van der Waals surface area contributed by atoms with Crippen LogP contribution in [0, 0.1) is 5.92 Å². The molecule has 1 aliphatic rings. The van der Waals surface area contributed by atoms with Crippen molar-refractivity contribution in [2.75, 3.05) is 6.61 Å². The Morgan fingerprint density at radius 1 is 1.23 bits per heavy atom. The molecule has 1 N–H and O–H groups in total. The van der Waals surface area contributed by atoms with Crippen LogP contribution in [0.25, 0.3) is 0 Å². The largest absolute Gasteiger partial charge is 0.481 e. The first-order valence-corrected chi connectivity index (χ1v) is 8.37. The second-order valence-electron chi connectivity index (χ2n) is 5.96. The van der Waals surface area contributed by atoms with E-state index >= 15 is 0 Å². The number of hydrogen-bond acceptors (Lipinski definition) is 4. The van der Waals surface area contributed by atoms with Gasteiger partial charge < -0.3 is 14.6 Å². The number of esters is 1.